The minimum atomic E-state index is -0.925. The predicted molar refractivity (Wildman–Crippen MR) is 294 cm³/mol. The third kappa shape index (κ3) is 15.9. The quantitative estimate of drug-likeness (QED) is 0.0481. The van der Waals surface area contributed by atoms with Crippen molar-refractivity contribution in [3.63, 3.8) is 0 Å². The van der Waals surface area contributed by atoms with Crippen molar-refractivity contribution < 1.29 is 95.4 Å². The van der Waals surface area contributed by atoms with Crippen LogP contribution in [-0.2, 0) is 95.4 Å². The molecule has 0 spiro atoms. The van der Waals surface area contributed by atoms with E-state index in [4.69, 9.17) is 33.2 Å². The Morgan fingerprint density at radius 3 is 1.02 bits per heavy atom. The van der Waals surface area contributed by atoms with Crippen LogP contribution in [0.1, 0.15) is 110 Å². The molecule has 0 N–H and O–H groups in total. The zero-order chi connectivity index (χ0) is 60.4. The summed E-state index contributed by atoms with van der Waals surface area (Å²) in [6.07, 6.45) is 10.0. The van der Waals surface area contributed by atoms with E-state index < -0.39 is 75.1 Å². The van der Waals surface area contributed by atoms with Crippen molar-refractivity contribution in [3.05, 3.63) is 60.8 Å². The molecule has 456 valence electrons. The lowest BCUT2D eigenvalue weighted by atomic mass is 9.72. The second kappa shape index (κ2) is 29.2. The number of esters is 6. The van der Waals surface area contributed by atoms with Crippen LogP contribution in [0.2, 0.25) is 0 Å². The maximum Gasteiger partial charge on any atom is 0.333 e. The first-order valence-electron chi connectivity index (χ1n) is 26.3. The average molecular weight is 1160 g/mol. The van der Waals surface area contributed by atoms with Gasteiger partial charge in [-0.25, -0.2) is 9.59 Å². The molecule has 0 aliphatic carbocycles. The number of hydrogen-bond acceptors (Lipinski definition) is 20. The van der Waals surface area contributed by atoms with Crippen molar-refractivity contribution in [2.24, 2.45) is 45.3 Å². The smallest absolute Gasteiger partial charge is 0.333 e. The molecule has 7 aliphatic heterocycles. The lowest BCUT2D eigenvalue weighted by Crippen LogP contribution is -2.40. The van der Waals surface area contributed by atoms with Crippen molar-refractivity contribution >= 4 is 71.3 Å². The highest BCUT2D eigenvalue weighted by atomic mass is 16.6. The molecule has 0 aromatic carbocycles. The number of carbonyl (C=O) groups is 12. The van der Waals surface area contributed by atoms with Gasteiger partial charge in [0.15, 0.2) is 0 Å². The van der Waals surface area contributed by atoms with Crippen molar-refractivity contribution in [3.8, 4) is 0 Å². The SMILES string of the molecule is C.C.C=C(C)C(=O)OC.C=C(C)C(=O)OCCN1C(=O)C2C3C=CC(O3)C2C1=O.CCC(C)(CC(C)(C)C(=O)OCCN1C(=O)C2C3C=CC(O3)C2C1=O)C(=O)OC.CCC(C)(CC(C)(C)C(=O)OCCN1C(=O)C=CC1=O)C(=O)OC. The van der Waals surface area contributed by atoms with Crippen LogP contribution in [0.5, 0.6) is 0 Å². The first-order valence-corrected chi connectivity index (χ1v) is 26.3. The van der Waals surface area contributed by atoms with Gasteiger partial charge in [-0.3, -0.25) is 62.6 Å². The Bertz CT molecular complexity index is 2520. The zero-order valence-corrected chi connectivity index (χ0v) is 48.1. The molecule has 7 aliphatic rings. The number of hydrogen-bond donors (Lipinski definition) is 0. The number of imide groups is 3. The summed E-state index contributed by atoms with van der Waals surface area (Å²) < 4.78 is 40.6. The normalized spacial score (nSPS) is 24.4. The van der Waals surface area contributed by atoms with Gasteiger partial charge >= 0.3 is 35.8 Å². The number of nitrogens with zero attached hydrogens (tertiary/aromatic N) is 3. The summed E-state index contributed by atoms with van der Waals surface area (Å²) in [6.45, 7) is 24.0. The molecule has 0 radical (unpaired) electrons. The van der Waals surface area contributed by atoms with E-state index in [1.165, 1.54) is 43.3 Å². The highest BCUT2D eigenvalue weighted by Gasteiger charge is 2.62. The number of carbonyl (C=O) groups excluding carboxylic acids is 12. The van der Waals surface area contributed by atoms with Crippen LogP contribution in [0.25, 0.3) is 0 Å². The predicted octanol–water partition coefficient (Wildman–Crippen LogP) is 4.99. The molecule has 23 heteroatoms. The number of amides is 6. The summed E-state index contributed by atoms with van der Waals surface area (Å²) in [5.41, 5.74) is -2.70. The van der Waals surface area contributed by atoms with E-state index in [1.807, 2.05) is 38.2 Å². The molecule has 0 saturated carbocycles. The van der Waals surface area contributed by atoms with E-state index >= 15 is 0 Å². The van der Waals surface area contributed by atoms with Gasteiger partial charge in [-0.2, -0.15) is 0 Å². The Kier molecular flexibility index (Phi) is 25.3. The van der Waals surface area contributed by atoms with Gasteiger partial charge in [0.05, 0.1) is 111 Å². The van der Waals surface area contributed by atoms with E-state index in [-0.39, 0.29) is 139 Å². The third-order valence-electron chi connectivity index (χ3n) is 15.1. The van der Waals surface area contributed by atoms with Crippen molar-refractivity contribution in [2.75, 3.05) is 60.8 Å². The van der Waals surface area contributed by atoms with Gasteiger partial charge in [-0.1, -0.05) is 66.2 Å². The molecule has 7 rings (SSSR count). The van der Waals surface area contributed by atoms with Gasteiger partial charge in [0, 0.05) is 23.3 Å². The second-order valence-corrected chi connectivity index (χ2v) is 22.2. The standard InChI is InChI=1S/C21H29NO7.C17H25NO6.C14H15NO5.C5H8O2.2CH4/c1-6-21(4,19(26)27-5)11-20(2,3)18(25)28-10-9-22-16(23)14-12-7-8-13(29-12)15(14)17(22)24;1-6-17(4,15(22)23-5)11-16(2,3)14(21)24-10-9-18-12(19)7-8-13(18)20;1-7(2)14(18)19-6-5-15-12(16)10-8-3-4-9(20-8)11(10)13(15)17;1-4(2)5(6)7-3;;/h7-8,12-15H,6,9-11H2,1-5H3;7-8H,6,9-11H2,1-5H3;3-4,8-11H,1,5-6H2,2H3;1H2,2-3H3;2*1H4. The maximum absolute atomic E-state index is 12.6. The van der Waals surface area contributed by atoms with Crippen LogP contribution in [0.4, 0.5) is 0 Å². The van der Waals surface area contributed by atoms with Gasteiger partial charge in [-0.15, -0.1) is 0 Å². The monoisotopic (exact) mass is 1160 g/mol. The van der Waals surface area contributed by atoms with Gasteiger partial charge in [0.2, 0.25) is 23.6 Å². The summed E-state index contributed by atoms with van der Waals surface area (Å²) >= 11 is 0. The molecule has 23 nitrogen and oxygen atoms in total. The Hall–Kier alpha value is -7.14. The number of methoxy groups -OCH3 is 3. The van der Waals surface area contributed by atoms with Crippen LogP contribution in [0, 0.1) is 45.3 Å². The molecule has 4 bridgehead atoms. The molecular weight excluding hydrogens is 1070 g/mol. The number of rotatable bonds is 21. The fourth-order valence-corrected chi connectivity index (χ4v) is 10.5. The van der Waals surface area contributed by atoms with Gasteiger partial charge in [0.25, 0.3) is 11.8 Å². The van der Waals surface area contributed by atoms with Crippen LogP contribution < -0.4 is 0 Å². The zero-order valence-electron chi connectivity index (χ0n) is 48.1. The van der Waals surface area contributed by atoms with Crippen LogP contribution >= 0.6 is 0 Å². The second-order valence-electron chi connectivity index (χ2n) is 22.2. The van der Waals surface area contributed by atoms with Crippen molar-refractivity contribution in [1.82, 2.24) is 14.7 Å². The lowest BCUT2D eigenvalue weighted by Gasteiger charge is -2.33. The van der Waals surface area contributed by atoms with E-state index in [2.05, 4.69) is 17.9 Å². The van der Waals surface area contributed by atoms with Gasteiger partial charge in [0.1, 0.15) is 19.8 Å². The minimum absolute atomic E-state index is 0. The van der Waals surface area contributed by atoms with Crippen LogP contribution in [-0.4, -0.2) is 171 Å². The topological polar surface area (TPSA) is 288 Å². The molecule has 10 atom stereocenters. The summed E-state index contributed by atoms with van der Waals surface area (Å²) in [5, 5.41) is 0. The summed E-state index contributed by atoms with van der Waals surface area (Å²) in [7, 11) is 3.98. The highest BCUT2D eigenvalue weighted by Crippen LogP contribution is 2.46. The molecule has 4 fully saturated rings. The van der Waals surface area contributed by atoms with Gasteiger partial charge < -0.3 is 37.9 Å². The first-order chi connectivity index (χ1) is 37.3. The Morgan fingerprint density at radius 1 is 0.476 bits per heavy atom. The molecule has 4 saturated heterocycles. The Balaban J connectivity index is 0.000000397. The van der Waals surface area contributed by atoms with E-state index in [0.29, 0.717) is 18.4 Å². The number of ether oxygens (including phenoxy) is 8. The molecule has 6 amide bonds. The third-order valence-corrected chi connectivity index (χ3v) is 15.1. The van der Waals surface area contributed by atoms with Crippen LogP contribution in [0.3, 0.4) is 0 Å². The molecule has 0 aromatic heterocycles. The molecule has 7 heterocycles. The Labute approximate surface area is 481 Å². The maximum atomic E-state index is 12.6. The van der Waals surface area contributed by atoms with Gasteiger partial charge in [-0.05, 0) is 81.1 Å². The lowest BCUT2D eigenvalue weighted by molar-refractivity contribution is -0.163. The average Bonchev–Trinajstić information content (AvgIpc) is 4.37. The summed E-state index contributed by atoms with van der Waals surface area (Å²) in [4.78, 5) is 146. The summed E-state index contributed by atoms with van der Waals surface area (Å²) in [6, 6.07) is 0. The fraction of sp³-hybridized carbons (Fsp3) is 0.627. The number of fused-ring (bicyclic) bond motifs is 10. The Morgan fingerprint density at radius 2 is 0.768 bits per heavy atom. The van der Waals surface area contributed by atoms with E-state index in [9.17, 15) is 57.5 Å². The molecular formula is C59H85N3O20. The van der Waals surface area contributed by atoms with E-state index in [0.717, 1.165) is 4.90 Å². The summed E-state index contributed by atoms with van der Waals surface area (Å²) in [5.74, 6) is -6.15. The molecule has 0 aromatic rings. The van der Waals surface area contributed by atoms with Crippen molar-refractivity contribution in [2.45, 2.75) is 134 Å². The molecule has 82 heavy (non-hydrogen) atoms. The van der Waals surface area contributed by atoms with E-state index in [1.54, 1.807) is 55.4 Å². The van der Waals surface area contributed by atoms with Crippen molar-refractivity contribution in [1.29, 1.82) is 0 Å². The first kappa shape index (κ1) is 71.0. The minimum Gasteiger partial charge on any atom is -0.469 e. The molecule has 10 unspecified atom stereocenters. The number of likely N-dealkylation sites (tertiary alicyclic amines) is 2. The highest BCUT2D eigenvalue weighted by molar-refractivity contribution is 6.13. The fourth-order valence-electron chi connectivity index (χ4n) is 10.5. The van der Waals surface area contributed by atoms with Crippen LogP contribution in [0.15, 0.2) is 60.8 Å². The largest absolute Gasteiger partial charge is 0.469 e.